The van der Waals surface area contributed by atoms with Crippen molar-refractivity contribution in [1.82, 2.24) is 0 Å². The summed E-state index contributed by atoms with van der Waals surface area (Å²) in [5, 5.41) is 11.2. The van der Waals surface area contributed by atoms with Gasteiger partial charge in [-0.15, -0.1) is 0 Å². The lowest BCUT2D eigenvalue weighted by Gasteiger charge is -2.06. The van der Waals surface area contributed by atoms with Crippen LogP contribution in [-0.2, 0) is 4.74 Å². The molecule has 1 rings (SSSR count). The van der Waals surface area contributed by atoms with E-state index >= 15 is 0 Å². The predicted molar refractivity (Wildman–Crippen MR) is 62.3 cm³/mol. The topological polar surface area (TPSA) is 58.6 Å². The Hall–Kier alpha value is -1.55. The molecule has 0 heterocycles. The Balaban J connectivity index is 2.12. The maximum absolute atomic E-state index is 11.3. The number of ether oxygens (including phenoxy) is 1. The van der Waals surface area contributed by atoms with E-state index < -0.39 is 6.09 Å². The van der Waals surface area contributed by atoms with Crippen LogP contribution in [0.3, 0.4) is 0 Å². The number of benzene rings is 1. The molecule has 2 N–H and O–H groups in total. The fourth-order valence-electron chi connectivity index (χ4n) is 1.23. The summed E-state index contributed by atoms with van der Waals surface area (Å²) in [6.07, 6.45) is 1.97. The van der Waals surface area contributed by atoms with Crippen molar-refractivity contribution in [2.75, 3.05) is 18.5 Å². The summed E-state index contributed by atoms with van der Waals surface area (Å²) >= 11 is 0. The van der Waals surface area contributed by atoms with Gasteiger partial charge in [0, 0.05) is 12.3 Å². The van der Waals surface area contributed by atoms with Gasteiger partial charge in [-0.2, -0.15) is 0 Å². The molecule has 1 aromatic rings. The summed E-state index contributed by atoms with van der Waals surface area (Å²) in [7, 11) is 0. The number of para-hydroxylation sites is 1. The highest BCUT2D eigenvalue weighted by molar-refractivity contribution is 5.84. The second kappa shape index (κ2) is 7.70. The third kappa shape index (κ3) is 5.36. The molecule has 0 radical (unpaired) electrons. The SMILES string of the molecule is O=C(Nc1ccccc1)OCCCCCO. The van der Waals surface area contributed by atoms with Crippen LogP contribution in [0.5, 0.6) is 0 Å². The fraction of sp³-hybridized carbons (Fsp3) is 0.417. The fourth-order valence-corrected chi connectivity index (χ4v) is 1.23. The maximum atomic E-state index is 11.3. The van der Waals surface area contributed by atoms with Crippen LogP contribution >= 0.6 is 0 Å². The van der Waals surface area contributed by atoms with Crippen LogP contribution in [0.25, 0.3) is 0 Å². The summed E-state index contributed by atoms with van der Waals surface area (Å²) in [6.45, 7) is 0.578. The van der Waals surface area contributed by atoms with E-state index in [4.69, 9.17) is 9.84 Å². The van der Waals surface area contributed by atoms with Crippen molar-refractivity contribution < 1.29 is 14.6 Å². The van der Waals surface area contributed by atoms with Gasteiger partial charge in [-0.1, -0.05) is 18.2 Å². The van der Waals surface area contributed by atoms with E-state index in [1.165, 1.54) is 0 Å². The first-order valence-corrected chi connectivity index (χ1v) is 5.42. The average molecular weight is 223 g/mol. The van der Waals surface area contributed by atoms with Crippen molar-refractivity contribution in [3.05, 3.63) is 30.3 Å². The zero-order valence-electron chi connectivity index (χ0n) is 9.19. The first-order chi connectivity index (χ1) is 7.83. The number of nitrogens with one attached hydrogen (secondary N) is 1. The van der Waals surface area contributed by atoms with Crippen molar-refractivity contribution in [2.24, 2.45) is 0 Å². The van der Waals surface area contributed by atoms with E-state index in [9.17, 15) is 4.79 Å². The van der Waals surface area contributed by atoms with Crippen molar-refractivity contribution in [2.45, 2.75) is 19.3 Å². The van der Waals surface area contributed by atoms with Gasteiger partial charge in [0.25, 0.3) is 0 Å². The highest BCUT2D eigenvalue weighted by Gasteiger charge is 2.01. The van der Waals surface area contributed by atoms with Gasteiger partial charge in [-0.3, -0.25) is 5.32 Å². The van der Waals surface area contributed by atoms with Gasteiger partial charge < -0.3 is 9.84 Å². The molecule has 0 aliphatic rings. The van der Waals surface area contributed by atoms with Crippen molar-refractivity contribution in [3.63, 3.8) is 0 Å². The number of carbonyl (C=O) groups excluding carboxylic acids is 1. The molecule has 0 spiro atoms. The molecule has 4 heteroatoms. The maximum Gasteiger partial charge on any atom is 0.411 e. The first-order valence-electron chi connectivity index (χ1n) is 5.42. The highest BCUT2D eigenvalue weighted by atomic mass is 16.5. The lowest BCUT2D eigenvalue weighted by Crippen LogP contribution is -2.14. The van der Waals surface area contributed by atoms with E-state index in [1.54, 1.807) is 12.1 Å². The molecule has 0 saturated heterocycles. The van der Waals surface area contributed by atoms with Crippen LogP contribution < -0.4 is 5.32 Å². The Bertz CT molecular complexity index is 300. The van der Waals surface area contributed by atoms with Crippen LogP contribution in [0, 0.1) is 0 Å². The molecule has 4 nitrogen and oxygen atoms in total. The third-order valence-electron chi connectivity index (χ3n) is 2.06. The molecule has 16 heavy (non-hydrogen) atoms. The molecule has 88 valence electrons. The van der Waals surface area contributed by atoms with Crippen LogP contribution in [0.2, 0.25) is 0 Å². The normalized spacial score (nSPS) is 9.81. The Kier molecular flexibility index (Phi) is 6.03. The number of aliphatic hydroxyl groups excluding tert-OH is 1. The van der Waals surface area contributed by atoms with Gasteiger partial charge in [0.05, 0.1) is 6.61 Å². The van der Waals surface area contributed by atoms with Crippen LogP contribution in [-0.4, -0.2) is 24.4 Å². The smallest absolute Gasteiger partial charge is 0.411 e. The van der Waals surface area contributed by atoms with E-state index in [0.717, 1.165) is 24.9 Å². The summed E-state index contributed by atoms with van der Waals surface area (Å²) in [4.78, 5) is 11.3. The molecule has 0 unspecified atom stereocenters. The molecule has 0 aliphatic carbocycles. The van der Waals surface area contributed by atoms with Gasteiger partial charge in [-0.05, 0) is 31.4 Å². The van der Waals surface area contributed by atoms with Gasteiger partial charge in [-0.25, -0.2) is 4.79 Å². The van der Waals surface area contributed by atoms with Gasteiger partial charge in [0.2, 0.25) is 0 Å². The zero-order chi connectivity index (χ0) is 11.6. The molecule has 0 atom stereocenters. The predicted octanol–water partition coefficient (Wildman–Crippen LogP) is 2.40. The Morgan fingerprint density at radius 3 is 2.62 bits per heavy atom. The molecule has 0 saturated carbocycles. The number of amides is 1. The Labute approximate surface area is 95.2 Å². The number of carbonyl (C=O) groups is 1. The molecular weight excluding hydrogens is 206 g/mol. The van der Waals surface area contributed by atoms with E-state index in [2.05, 4.69) is 5.32 Å². The molecule has 0 bridgehead atoms. The lowest BCUT2D eigenvalue weighted by atomic mass is 10.2. The lowest BCUT2D eigenvalue weighted by molar-refractivity contribution is 0.158. The van der Waals surface area contributed by atoms with Crippen molar-refractivity contribution in [3.8, 4) is 0 Å². The van der Waals surface area contributed by atoms with Crippen molar-refractivity contribution in [1.29, 1.82) is 0 Å². The monoisotopic (exact) mass is 223 g/mol. The van der Waals surface area contributed by atoms with Crippen LogP contribution in [0.15, 0.2) is 30.3 Å². The minimum Gasteiger partial charge on any atom is -0.449 e. The number of unbranched alkanes of at least 4 members (excludes halogenated alkanes) is 2. The molecular formula is C12H17NO3. The number of rotatable bonds is 6. The summed E-state index contributed by atoms with van der Waals surface area (Å²) in [5.41, 5.74) is 0.725. The van der Waals surface area contributed by atoms with Crippen LogP contribution in [0.4, 0.5) is 10.5 Å². The van der Waals surface area contributed by atoms with E-state index in [1.807, 2.05) is 18.2 Å². The largest absolute Gasteiger partial charge is 0.449 e. The second-order valence-electron chi connectivity index (χ2n) is 3.41. The van der Waals surface area contributed by atoms with Gasteiger partial charge >= 0.3 is 6.09 Å². The zero-order valence-corrected chi connectivity index (χ0v) is 9.19. The average Bonchev–Trinajstić information content (AvgIpc) is 2.30. The molecule has 1 aromatic carbocycles. The quantitative estimate of drug-likeness (QED) is 0.728. The summed E-state index contributed by atoms with van der Waals surface area (Å²) in [6, 6.07) is 9.17. The van der Waals surface area contributed by atoms with E-state index in [-0.39, 0.29) is 6.61 Å². The minimum absolute atomic E-state index is 0.191. The Morgan fingerprint density at radius 2 is 1.94 bits per heavy atom. The standard InChI is InChI=1S/C12H17NO3/c14-9-5-2-6-10-16-12(15)13-11-7-3-1-4-8-11/h1,3-4,7-8,14H,2,5-6,9-10H2,(H,13,15). The minimum atomic E-state index is -0.435. The van der Waals surface area contributed by atoms with Crippen LogP contribution in [0.1, 0.15) is 19.3 Å². The molecule has 0 fully saturated rings. The molecule has 0 aromatic heterocycles. The summed E-state index contributed by atoms with van der Waals surface area (Å²) < 4.78 is 4.96. The number of hydrogen-bond donors (Lipinski definition) is 2. The van der Waals surface area contributed by atoms with Gasteiger partial charge in [0.15, 0.2) is 0 Å². The molecule has 0 aliphatic heterocycles. The van der Waals surface area contributed by atoms with Crippen molar-refractivity contribution >= 4 is 11.8 Å². The Morgan fingerprint density at radius 1 is 1.19 bits per heavy atom. The van der Waals surface area contributed by atoms with E-state index in [0.29, 0.717) is 6.61 Å². The highest BCUT2D eigenvalue weighted by Crippen LogP contribution is 2.05. The summed E-state index contributed by atoms with van der Waals surface area (Å²) in [5.74, 6) is 0. The van der Waals surface area contributed by atoms with Gasteiger partial charge in [0.1, 0.15) is 0 Å². The number of hydrogen-bond acceptors (Lipinski definition) is 3. The molecule has 1 amide bonds. The second-order valence-corrected chi connectivity index (χ2v) is 3.41. The number of aliphatic hydroxyl groups is 1. The third-order valence-corrected chi connectivity index (χ3v) is 2.06. The number of anilines is 1. The first kappa shape index (κ1) is 12.5.